The number of anilines is 1. The average Bonchev–Trinajstić information content (AvgIpc) is 3.60. The van der Waals surface area contributed by atoms with Crippen molar-refractivity contribution in [2.24, 2.45) is 5.41 Å². The number of ether oxygens (including phenoxy) is 4. The van der Waals surface area contributed by atoms with Gasteiger partial charge in [-0.15, -0.1) is 0 Å². The van der Waals surface area contributed by atoms with Crippen molar-refractivity contribution in [3.63, 3.8) is 0 Å². The Bertz CT molecular complexity index is 1330. The Balaban J connectivity index is 1.50. The highest BCUT2D eigenvalue weighted by Gasteiger charge is 2.95. The maximum atomic E-state index is 14.1. The van der Waals surface area contributed by atoms with Gasteiger partial charge in [0.25, 0.3) is 0 Å². The second kappa shape index (κ2) is 7.73. The molecule has 5 aliphatic rings. The smallest absolute Gasteiger partial charge is 0.343 e. The standard InChI is InChI=1S/C30H34N2O6/c1-5-27-15-16-32-23(33)13-14-28-21-12-11-20(35-3)17-22(21)31(2)24(28)29(26(34)36-4,38-30(27,28)32)25(27)37-18-19-9-7-6-8-10-19/h6-12,17,24-25H,5,13-16,18H2,1-4H3/t24-,25-,27+,28+,29+,30+/m1/s1. The summed E-state index contributed by atoms with van der Waals surface area (Å²) in [4.78, 5) is 31.9. The number of esters is 1. The Labute approximate surface area is 222 Å². The second-order valence-corrected chi connectivity index (χ2v) is 11.4. The van der Waals surface area contributed by atoms with Crippen molar-refractivity contribution in [3.05, 3.63) is 59.7 Å². The van der Waals surface area contributed by atoms with E-state index in [1.165, 1.54) is 7.11 Å². The summed E-state index contributed by atoms with van der Waals surface area (Å²) in [7, 11) is 5.09. The van der Waals surface area contributed by atoms with E-state index in [-0.39, 0.29) is 5.91 Å². The van der Waals surface area contributed by atoms with E-state index in [1.807, 2.05) is 54.4 Å². The predicted octanol–water partition coefficient (Wildman–Crippen LogP) is 3.41. The number of carbonyl (C=O) groups is 2. The van der Waals surface area contributed by atoms with Gasteiger partial charge in [0.1, 0.15) is 11.9 Å². The lowest BCUT2D eigenvalue weighted by atomic mass is 9.48. The number of hydrogen-bond donors (Lipinski definition) is 0. The number of carbonyl (C=O) groups excluding carboxylic acids is 2. The molecule has 0 saturated carbocycles. The van der Waals surface area contributed by atoms with Crippen molar-refractivity contribution < 1.29 is 28.5 Å². The topological polar surface area (TPSA) is 77.5 Å². The fourth-order valence-corrected chi connectivity index (χ4v) is 9.24. The average molecular weight is 519 g/mol. The fourth-order valence-electron chi connectivity index (χ4n) is 9.24. The molecular formula is C30H34N2O6. The van der Waals surface area contributed by atoms with Gasteiger partial charge < -0.3 is 28.7 Å². The van der Waals surface area contributed by atoms with Crippen molar-refractivity contribution in [2.45, 2.75) is 68.1 Å². The molecule has 0 N–H and O–H groups in total. The molecule has 6 atom stereocenters. The molecule has 8 heteroatoms. The summed E-state index contributed by atoms with van der Waals surface area (Å²) in [5.41, 5.74) is -0.485. The van der Waals surface area contributed by atoms with Crippen LogP contribution in [-0.4, -0.2) is 68.1 Å². The molecule has 0 radical (unpaired) electrons. The van der Waals surface area contributed by atoms with E-state index in [0.29, 0.717) is 38.8 Å². The molecule has 0 aliphatic carbocycles. The van der Waals surface area contributed by atoms with E-state index in [2.05, 4.69) is 17.9 Å². The first-order valence-electron chi connectivity index (χ1n) is 13.5. The molecule has 4 saturated heterocycles. The Kier molecular flexibility index (Phi) is 4.88. The molecule has 0 unspecified atom stereocenters. The third-order valence-electron chi connectivity index (χ3n) is 10.4. The lowest BCUT2D eigenvalue weighted by Gasteiger charge is -2.59. The van der Waals surface area contributed by atoms with E-state index in [0.717, 1.165) is 22.6 Å². The van der Waals surface area contributed by atoms with E-state index in [9.17, 15) is 9.59 Å². The molecular weight excluding hydrogens is 484 g/mol. The number of rotatable bonds is 6. The number of amides is 1. The van der Waals surface area contributed by atoms with Gasteiger partial charge in [-0.05, 0) is 36.5 Å². The van der Waals surface area contributed by atoms with Crippen molar-refractivity contribution in [1.82, 2.24) is 4.90 Å². The van der Waals surface area contributed by atoms with Gasteiger partial charge in [-0.25, -0.2) is 4.79 Å². The van der Waals surface area contributed by atoms with E-state index in [1.54, 1.807) is 7.11 Å². The molecule has 2 spiro atoms. The molecule has 2 bridgehead atoms. The van der Waals surface area contributed by atoms with Crippen LogP contribution in [0.1, 0.15) is 43.7 Å². The van der Waals surface area contributed by atoms with Gasteiger partial charge in [-0.1, -0.05) is 43.3 Å². The zero-order chi connectivity index (χ0) is 26.5. The Hall–Kier alpha value is -3.10. The highest BCUT2D eigenvalue weighted by atomic mass is 16.6. The summed E-state index contributed by atoms with van der Waals surface area (Å²) in [6.07, 6.45) is 1.83. The number of methoxy groups -OCH3 is 2. The van der Waals surface area contributed by atoms with Gasteiger partial charge in [-0.2, -0.15) is 0 Å². The van der Waals surface area contributed by atoms with Crippen molar-refractivity contribution in [2.75, 3.05) is 32.7 Å². The number of benzene rings is 2. The molecule has 2 aromatic rings. The maximum Gasteiger partial charge on any atom is 0.343 e. The minimum Gasteiger partial charge on any atom is -0.497 e. The lowest BCUT2D eigenvalue weighted by Crippen LogP contribution is -2.77. The summed E-state index contributed by atoms with van der Waals surface area (Å²) in [5, 5.41) is 0. The normalized spacial score (nSPS) is 37.7. The molecule has 5 heterocycles. The van der Waals surface area contributed by atoms with Crippen LogP contribution < -0.4 is 9.64 Å². The molecule has 1 amide bonds. The molecule has 5 aliphatic heterocycles. The Morgan fingerprint density at radius 2 is 1.92 bits per heavy atom. The van der Waals surface area contributed by atoms with Gasteiger partial charge in [0.05, 0.1) is 37.7 Å². The molecule has 0 aromatic heterocycles. The molecule has 38 heavy (non-hydrogen) atoms. The monoisotopic (exact) mass is 518 g/mol. The van der Waals surface area contributed by atoms with Crippen LogP contribution in [0.15, 0.2) is 48.5 Å². The van der Waals surface area contributed by atoms with E-state index >= 15 is 0 Å². The first-order valence-corrected chi connectivity index (χ1v) is 13.5. The lowest BCUT2D eigenvalue weighted by molar-refractivity contribution is -0.206. The second-order valence-electron chi connectivity index (χ2n) is 11.4. The van der Waals surface area contributed by atoms with Gasteiger partial charge in [-0.3, -0.25) is 4.79 Å². The van der Waals surface area contributed by atoms with E-state index < -0.39 is 40.3 Å². The molecule has 200 valence electrons. The number of piperidine rings is 1. The van der Waals surface area contributed by atoms with Gasteiger partial charge in [0.2, 0.25) is 11.5 Å². The van der Waals surface area contributed by atoms with Crippen LogP contribution in [0.2, 0.25) is 0 Å². The summed E-state index contributed by atoms with van der Waals surface area (Å²) in [6, 6.07) is 15.7. The maximum absolute atomic E-state index is 14.1. The largest absolute Gasteiger partial charge is 0.497 e. The highest BCUT2D eigenvalue weighted by Crippen LogP contribution is 2.80. The third kappa shape index (κ3) is 2.33. The van der Waals surface area contributed by atoms with Gasteiger partial charge in [0, 0.05) is 31.8 Å². The summed E-state index contributed by atoms with van der Waals surface area (Å²) in [5.74, 6) is 0.391. The predicted molar refractivity (Wildman–Crippen MR) is 139 cm³/mol. The van der Waals surface area contributed by atoms with Crippen LogP contribution in [0.3, 0.4) is 0 Å². The molecule has 8 nitrogen and oxygen atoms in total. The Morgan fingerprint density at radius 1 is 1.13 bits per heavy atom. The minimum absolute atomic E-state index is 0.0821. The molecule has 4 fully saturated rings. The number of likely N-dealkylation sites (N-methyl/N-ethyl adjacent to an activating group) is 1. The van der Waals surface area contributed by atoms with E-state index in [4.69, 9.17) is 18.9 Å². The first-order chi connectivity index (χ1) is 18.4. The zero-order valence-electron chi connectivity index (χ0n) is 22.4. The summed E-state index contributed by atoms with van der Waals surface area (Å²) in [6.45, 7) is 3.06. The van der Waals surface area contributed by atoms with Crippen molar-refractivity contribution >= 4 is 17.6 Å². The van der Waals surface area contributed by atoms with Crippen LogP contribution in [0.25, 0.3) is 0 Å². The van der Waals surface area contributed by atoms with Crippen LogP contribution in [-0.2, 0) is 35.8 Å². The Morgan fingerprint density at radius 3 is 2.63 bits per heavy atom. The SMILES string of the molecule is CC[C@@]12CCN3C(=O)CC[C@]45c6ccc(OC)cc6N(C)[C@H]4[C@](C(=O)OC)(O[C@@]315)[C@@H]2OCc1ccccc1. The quantitative estimate of drug-likeness (QED) is 0.543. The van der Waals surface area contributed by atoms with Crippen LogP contribution in [0, 0.1) is 5.41 Å². The first kappa shape index (κ1) is 24.0. The third-order valence-corrected chi connectivity index (χ3v) is 10.4. The molecule has 7 rings (SSSR count). The minimum atomic E-state index is -1.41. The van der Waals surface area contributed by atoms with Crippen molar-refractivity contribution in [1.29, 1.82) is 0 Å². The van der Waals surface area contributed by atoms with Crippen molar-refractivity contribution in [3.8, 4) is 5.75 Å². The number of nitrogens with zero attached hydrogens (tertiary/aromatic N) is 2. The number of hydrogen-bond acceptors (Lipinski definition) is 7. The zero-order valence-corrected chi connectivity index (χ0v) is 22.4. The fraction of sp³-hybridized carbons (Fsp3) is 0.533. The summed E-state index contributed by atoms with van der Waals surface area (Å²) >= 11 is 0. The van der Waals surface area contributed by atoms with Crippen LogP contribution >= 0.6 is 0 Å². The number of fused-ring (bicyclic) bond motifs is 3. The summed E-state index contributed by atoms with van der Waals surface area (Å²) < 4.78 is 25.2. The highest BCUT2D eigenvalue weighted by molar-refractivity contribution is 5.91. The van der Waals surface area contributed by atoms with Crippen LogP contribution in [0.5, 0.6) is 5.75 Å². The van der Waals surface area contributed by atoms with Gasteiger partial charge in [0.15, 0.2) is 5.72 Å². The molecule has 2 aromatic carbocycles. The van der Waals surface area contributed by atoms with Crippen LogP contribution in [0.4, 0.5) is 5.69 Å². The van der Waals surface area contributed by atoms with Gasteiger partial charge >= 0.3 is 5.97 Å².